The minimum Gasteiger partial charge on any atom is -0.493 e. The number of rotatable bonds is 6. The fourth-order valence-electron chi connectivity index (χ4n) is 3.02. The van der Waals surface area contributed by atoms with Gasteiger partial charge in [0, 0.05) is 6.04 Å². The summed E-state index contributed by atoms with van der Waals surface area (Å²) < 4.78 is 15.7. The summed E-state index contributed by atoms with van der Waals surface area (Å²) in [7, 11) is 1.50. The van der Waals surface area contributed by atoms with E-state index >= 15 is 0 Å². The van der Waals surface area contributed by atoms with Gasteiger partial charge in [0.15, 0.2) is 16.6 Å². The molecular formula is C20H23N3O4S. The molecule has 7 nitrogen and oxygen atoms in total. The number of carbonyl (C=O) groups is 1. The van der Waals surface area contributed by atoms with Crippen LogP contribution in [-0.2, 0) is 0 Å². The Labute approximate surface area is 169 Å². The number of furan rings is 1. The van der Waals surface area contributed by atoms with Gasteiger partial charge in [0.1, 0.15) is 0 Å². The number of benzene rings is 1. The molecule has 1 fully saturated rings. The second-order valence-electron chi connectivity index (χ2n) is 6.46. The van der Waals surface area contributed by atoms with Crippen LogP contribution in [0.25, 0.3) is 0 Å². The third kappa shape index (κ3) is 5.56. The van der Waals surface area contributed by atoms with Gasteiger partial charge in [0.05, 0.1) is 19.6 Å². The molecule has 8 heteroatoms. The first kappa shape index (κ1) is 19.9. The van der Waals surface area contributed by atoms with Crippen LogP contribution in [0.3, 0.4) is 0 Å². The standard InChI is InChI=1S/C20H23N3O4S/c1-25-18-12-14(9-10-16(18)27-19(24)17-8-5-11-26-17)13-21-23-20(28)22-15-6-3-2-4-7-15/h5,8-13,15H,2-4,6-7H2,1H3,(H2,22,23,28). The molecule has 0 atom stereocenters. The number of hydrogen-bond acceptors (Lipinski definition) is 6. The Morgan fingerprint density at radius 2 is 2.07 bits per heavy atom. The van der Waals surface area contributed by atoms with Crippen molar-refractivity contribution >= 4 is 29.5 Å². The average Bonchev–Trinajstić information content (AvgIpc) is 3.25. The molecule has 148 valence electrons. The molecule has 1 aliphatic carbocycles. The summed E-state index contributed by atoms with van der Waals surface area (Å²) in [6.07, 6.45) is 9.08. The number of nitrogens with one attached hydrogen (secondary N) is 2. The Balaban J connectivity index is 1.56. The van der Waals surface area contributed by atoms with Gasteiger partial charge < -0.3 is 19.2 Å². The number of methoxy groups -OCH3 is 1. The molecule has 1 saturated carbocycles. The van der Waals surface area contributed by atoms with Crippen LogP contribution in [0.5, 0.6) is 11.5 Å². The lowest BCUT2D eigenvalue weighted by atomic mass is 9.96. The van der Waals surface area contributed by atoms with E-state index in [0.29, 0.717) is 22.7 Å². The molecule has 28 heavy (non-hydrogen) atoms. The van der Waals surface area contributed by atoms with E-state index in [1.54, 1.807) is 30.5 Å². The number of hydrazone groups is 1. The fraction of sp³-hybridized carbons (Fsp3) is 0.350. The summed E-state index contributed by atoms with van der Waals surface area (Å²) in [4.78, 5) is 12.0. The Kier molecular flexibility index (Phi) is 7.02. The van der Waals surface area contributed by atoms with Crippen LogP contribution in [0, 0.1) is 0 Å². The molecule has 1 aromatic heterocycles. The summed E-state index contributed by atoms with van der Waals surface area (Å²) in [5, 5.41) is 7.96. The maximum atomic E-state index is 12.0. The first-order valence-electron chi connectivity index (χ1n) is 9.19. The van der Waals surface area contributed by atoms with Gasteiger partial charge in [-0.25, -0.2) is 4.79 Å². The van der Waals surface area contributed by atoms with Crippen LogP contribution in [0.4, 0.5) is 0 Å². The lowest BCUT2D eigenvalue weighted by Gasteiger charge is -2.23. The van der Waals surface area contributed by atoms with Gasteiger partial charge in [-0.1, -0.05) is 19.3 Å². The molecule has 0 bridgehead atoms. The molecule has 3 rings (SSSR count). The Morgan fingerprint density at radius 3 is 2.79 bits per heavy atom. The van der Waals surface area contributed by atoms with Crippen LogP contribution in [0.15, 0.2) is 46.1 Å². The number of carbonyl (C=O) groups excluding carboxylic acids is 1. The Bertz CT molecular complexity index is 830. The molecule has 0 radical (unpaired) electrons. The van der Waals surface area contributed by atoms with Crippen molar-refractivity contribution in [3.8, 4) is 11.5 Å². The van der Waals surface area contributed by atoms with Gasteiger partial charge in [0.25, 0.3) is 0 Å². The Hall–Kier alpha value is -2.87. The number of ether oxygens (including phenoxy) is 2. The summed E-state index contributed by atoms with van der Waals surface area (Å²) in [6, 6.07) is 8.69. The molecule has 0 amide bonds. The number of esters is 1. The third-order valence-electron chi connectivity index (χ3n) is 4.43. The number of nitrogens with zero attached hydrogens (tertiary/aromatic N) is 1. The highest BCUT2D eigenvalue weighted by atomic mass is 32.1. The quantitative estimate of drug-likeness (QED) is 0.251. The SMILES string of the molecule is COc1cc(C=NNC(=S)NC2CCCCC2)ccc1OC(=O)c1ccco1. The molecule has 1 aromatic carbocycles. The molecule has 0 unspecified atom stereocenters. The van der Waals surface area contributed by atoms with Gasteiger partial charge >= 0.3 is 5.97 Å². The third-order valence-corrected chi connectivity index (χ3v) is 4.64. The Morgan fingerprint density at radius 1 is 1.25 bits per heavy atom. The molecule has 2 N–H and O–H groups in total. The molecular weight excluding hydrogens is 378 g/mol. The first-order valence-corrected chi connectivity index (χ1v) is 9.60. The zero-order valence-corrected chi connectivity index (χ0v) is 16.5. The average molecular weight is 401 g/mol. The van der Waals surface area contributed by atoms with Crippen LogP contribution >= 0.6 is 12.2 Å². The minimum atomic E-state index is -0.592. The van der Waals surface area contributed by atoms with E-state index < -0.39 is 5.97 Å². The van der Waals surface area contributed by atoms with Crippen molar-refractivity contribution in [2.45, 2.75) is 38.1 Å². The van der Waals surface area contributed by atoms with E-state index in [4.69, 9.17) is 26.1 Å². The minimum absolute atomic E-state index is 0.121. The fourth-order valence-corrected chi connectivity index (χ4v) is 3.24. The van der Waals surface area contributed by atoms with Crippen molar-refractivity contribution in [3.63, 3.8) is 0 Å². The van der Waals surface area contributed by atoms with Gasteiger partial charge in [0.2, 0.25) is 5.76 Å². The van der Waals surface area contributed by atoms with Crippen LogP contribution in [0.1, 0.15) is 48.2 Å². The zero-order chi connectivity index (χ0) is 19.8. The predicted octanol–water partition coefficient (Wildman–Crippen LogP) is 3.64. The molecule has 2 aromatic rings. The first-order chi connectivity index (χ1) is 13.7. The normalized spacial score (nSPS) is 14.6. The highest BCUT2D eigenvalue weighted by Gasteiger charge is 2.15. The molecule has 0 spiro atoms. The second-order valence-corrected chi connectivity index (χ2v) is 6.86. The van der Waals surface area contributed by atoms with Gasteiger partial charge in [-0.2, -0.15) is 5.10 Å². The van der Waals surface area contributed by atoms with Crippen molar-refractivity contribution in [2.75, 3.05) is 7.11 Å². The summed E-state index contributed by atoms with van der Waals surface area (Å²) in [5.74, 6) is 0.233. The van der Waals surface area contributed by atoms with Crippen LogP contribution < -0.4 is 20.2 Å². The van der Waals surface area contributed by atoms with Crippen molar-refractivity contribution < 1.29 is 18.7 Å². The van der Waals surface area contributed by atoms with Gasteiger partial charge in [-0.3, -0.25) is 5.43 Å². The van der Waals surface area contributed by atoms with Crippen molar-refractivity contribution in [1.29, 1.82) is 0 Å². The maximum Gasteiger partial charge on any atom is 0.379 e. The summed E-state index contributed by atoms with van der Waals surface area (Å²) in [6.45, 7) is 0. The molecule has 0 saturated heterocycles. The van der Waals surface area contributed by atoms with E-state index in [-0.39, 0.29) is 5.76 Å². The second kappa shape index (κ2) is 9.89. The van der Waals surface area contributed by atoms with Crippen LogP contribution in [-0.4, -0.2) is 30.4 Å². The van der Waals surface area contributed by atoms with Crippen molar-refractivity contribution in [2.24, 2.45) is 5.10 Å². The van der Waals surface area contributed by atoms with Gasteiger partial charge in [-0.15, -0.1) is 0 Å². The van der Waals surface area contributed by atoms with Crippen molar-refractivity contribution in [3.05, 3.63) is 47.9 Å². The smallest absolute Gasteiger partial charge is 0.379 e. The largest absolute Gasteiger partial charge is 0.493 e. The molecule has 1 heterocycles. The van der Waals surface area contributed by atoms with E-state index in [1.165, 1.54) is 38.7 Å². The summed E-state index contributed by atoms with van der Waals surface area (Å²) >= 11 is 5.28. The van der Waals surface area contributed by atoms with Crippen LogP contribution in [0.2, 0.25) is 0 Å². The summed E-state index contributed by atoms with van der Waals surface area (Å²) in [5.41, 5.74) is 3.60. The number of thiocarbonyl (C=S) groups is 1. The lowest BCUT2D eigenvalue weighted by Crippen LogP contribution is -2.40. The predicted molar refractivity (Wildman–Crippen MR) is 110 cm³/mol. The van der Waals surface area contributed by atoms with E-state index in [0.717, 1.165) is 18.4 Å². The van der Waals surface area contributed by atoms with E-state index in [9.17, 15) is 4.79 Å². The molecule has 1 aliphatic rings. The lowest BCUT2D eigenvalue weighted by molar-refractivity contribution is 0.0696. The van der Waals surface area contributed by atoms with Gasteiger partial charge in [-0.05, 0) is 61.0 Å². The molecule has 0 aliphatic heterocycles. The van der Waals surface area contributed by atoms with E-state index in [2.05, 4.69) is 15.8 Å². The topological polar surface area (TPSA) is 85.1 Å². The monoisotopic (exact) mass is 401 g/mol. The van der Waals surface area contributed by atoms with Crippen molar-refractivity contribution in [1.82, 2.24) is 10.7 Å². The highest BCUT2D eigenvalue weighted by Crippen LogP contribution is 2.28. The number of hydrogen-bond donors (Lipinski definition) is 2. The highest BCUT2D eigenvalue weighted by molar-refractivity contribution is 7.80. The maximum absolute atomic E-state index is 12.0. The zero-order valence-electron chi connectivity index (χ0n) is 15.6. The van der Waals surface area contributed by atoms with E-state index in [1.807, 2.05) is 0 Å².